The number of oxazole rings is 1. The third-order valence-corrected chi connectivity index (χ3v) is 1.87. The normalized spacial score (nSPS) is 10.9. The van der Waals surface area contributed by atoms with Crippen LogP contribution in [0, 0.1) is 0 Å². The summed E-state index contributed by atoms with van der Waals surface area (Å²) >= 11 is 0. The Labute approximate surface area is 133 Å². The fourth-order valence-corrected chi connectivity index (χ4v) is 1.15. The molecule has 0 atom stereocenters. The van der Waals surface area contributed by atoms with Crippen LogP contribution >= 0.6 is 0 Å². The molecule has 2 rings (SSSR count). The Kier molecular flexibility index (Phi) is 4.81. The molecule has 0 bridgehead atoms. The SMILES string of the molecule is F[B-](F)(F)c1cnc(-c2ccccc2)o1.[K+]. The zero-order valence-corrected chi connectivity index (χ0v) is 11.7. The van der Waals surface area contributed by atoms with E-state index in [2.05, 4.69) is 9.40 Å². The summed E-state index contributed by atoms with van der Waals surface area (Å²) in [5.74, 6) is -0.00944. The molecule has 0 N–H and O–H groups in total. The van der Waals surface area contributed by atoms with E-state index < -0.39 is 12.6 Å². The molecule has 16 heavy (non-hydrogen) atoms. The van der Waals surface area contributed by atoms with Gasteiger partial charge in [-0.2, -0.15) is 0 Å². The molecule has 1 heterocycles. The van der Waals surface area contributed by atoms with Crippen LogP contribution in [0.2, 0.25) is 0 Å². The summed E-state index contributed by atoms with van der Waals surface area (Å²) < 4.78 is 41.4. The van der Waals surface area contributed by atoms with Crippen LogP contribution in [0.5, 0.6) is 0 Å². The van der Waals surface area contributed by atoms with Crippen molar-refractivity contribution in [3.8, 4) is 11.5 Å². The van der Waals surface area contributed by atoms with Crippen LogP contribution in [0.4, 0.5) is 12.9 Å². The van der Waals surface area contributed by atoms with Gasteiger partial charge in [0.25, 0.3) is 0 Å². The van der Waals surface area contributed by atoms with Gasteiger partial charge in [-0.05, 0) is 12.1 Å². The first kappa shape index (κ1) is 14.0. The van der Waals surface area contributed by atoms with Crippen molar-refractivity contribution in [2.75, 3.05) is 0 Å². The molecule has 0 unspecified atom stereocenters. The van der Waals surface area contributed by atoms with Crippen LogP contribution in [0.15, 0.2) is 40.9 Å². The summed E-state index contributed by atoms with van der Waals surface area (Å²) in [4.78, 5) is 3.58. The van der Waals surface area contributed by atoms with Gasteiger partial charge < -0.3 is 17.4 Å². The Hall–Kier alpha value is -0.0787. The van der Waals surface area contributed by atoms with Crippen LogP contribution in [-0.2, 0) is 0 Å². The molecule has 0 aliphatic rings. The summed E-state index contributed by atoms with van der Waals surface area (Å²) in [6, 6.07) is 8.45. The molecule has 1 aromatic heterocycles. The average Bonchev–Trinajstić information content (AvgIpc) is 2.67. The fourth-order valence-electron chi connectivity index (χ4n) is 1.15. The molecule has 0 spiro atoms. The Bertz CT molecular complexity index is 457. The molecule has 0 saturated carbocycles. The number of hydrogen-bond acceptors (Lipinski definition) is 2. The quantitative estimate of drug-likeness (QED) is 0.666. The van der Waals surface area contributed by atoms with Crippen LogP contribution in [0.3, 0.4) is 0 Å². The van der Waals surface area contributed by atoms with E-state index >= 15 is 0 Å². The minimum absolute atomic E-state index is 0. The predicted octanol–water partition coefficient (Wildman–Crippen LogP) is -0.600. The third-order valence-electron chi connectivity index (χ3n) is 1.87. The van der Waals surface area contributed by atoms with Crippen LogP contribution in [0.1, 0.15) is 0 Å². The average molecular weight is 251 g/mol. The molecule has 0 aliphatic heterocycles. The standard InChI is InChI=1S/C9H6BF3NO.K/c11-10(12,13)8-6-14-9(15-8)7-4-2-1-3-5-7;/h1-6H;/q-1;+1. The summed E-state index contributed by atoms with van der Waals surface area (Å²) in [6.07, 6.45) is 0.711. The van der Waals surface area contributed by atoms with Gasteiger partial charge in [-0.25, -0.2) is 4.98 Å². The minimum atomic E-state index is -5.11. The van der Waals surface area contributed by atoms with Crippen LogP contribution in [0.25, 0.3) is 11.5 Å². The van der Waals surface area contributed by atoms with Crippen molar-refractivity contribution < 1.29 is 68.7 Å². The fraction of sp³-hybridized carbons (Fsp3) is 0. The number of nitrogens with zero attached hydrogens (tertiary/aromatic N) is 1. The molecule has 7 heteroatoms. The molecule has 0 fully saturated rings. The number of hydrogen-bond donors (Lipinski definition) is 0. The molecule has 2 aromatic rings. The first-order chi connectivity index (χ1) is 7.07. The molecular weight excluding hydrogens is 245 g/mol. The Morgan fingerprint density at radius 2 is 1.69 bits per heavy atom. The van der Waals surface area contributed by atoms with E-state index in [1.807, 2.05) is 0 Å². The Morgan fingerprint density at radius 1 is 1.06 bits per heavy atom. The van der Waals surface area contributed by atoms with E-state index in [-0.39, 0.29) is 57.3 Å². The molecule has 1 aromatic carbocycles. The van der Waals surface area contributed by atoms with E-state index in [9.17, 15) is 12.9 Å². The largest absolute Gasteiger partial charge is 1.00 e. The first-order valence-corrected chi connectivity index (χ1v) is 4.28. The number of halogens is 3. The van der Waals surface area contributed by atoms with Gasteiger partial charge in [-0.3, -0.25) is 0 Å². The monoisotopic (exact) mass is 251 g/mol. The number of benzene rings is 1. The number of rotatable bonds is 2. The number of aromatic nitrogens is 1. The van der Waals surface area contributed by atoms with Gasteiger partial charge in [0.15, 0.2) is 0 Å². The van der Waals surface area contributed by atoms with Gasteiger partial charge >= 0.3 is 58.4 Å². The summed E-state index contributed by atoms with van der Waals surface area (Å²) in [5.41, 5.74) is -0.488. The van der Waals surface area contributed by atoms with E-state index in [0.717, 1.165) is 0 Å². The zero-order chi connectivity index (χ0) is 10.9. The maximum Gasteiger partial charge on any atom is 1.00 e. The molecule has 0 radical (unpaired) electrons. The van der Waals surface area contributed by atoms with Crippen LogP contribution in [-0.4, -0.2) is 12.0 Å². The second-order valence-corrected chi connectivity index (χ2v) is 3.01. The van der Waals surface area contributed by atoms with Crippen molar-refractivity contribution in [1.29, 1.82) is 0 Å². The molecule has 0 saturated heterocycles. The van der Waals surface area contributed by atoms with Crippen molar-refractivity contribution in [2.45, 2.75) is 0 Å². The van der Waals surface area contributed by atoms with Gasteiger partial charge in [0.1, 0.15) is 0 Å². The second-order valence-electron chi connectivity index (χ2n) is 3.01. The molecule has 78 valence electrons. The maximum atomic E-state index is 12.2. The van der Waals surface area contributed by atoms with E-state index in [4.69, 9.17) is 0 Å². The maximum absolute atomic E-state index is 12.2. The van der Waals surface area contributed by atoms with E-state index in [0.29, 0.717) is 11.8 Å². The minimum Gasteiger partial charge on any atom is -0.474 e. The molecular formula is C9H6BF3KNO. The van der Waals surface area contributed by atoms with Crippen molar-refractivity contribution >= 4 is 12.6 Å². The van der Waals surface area contributed by atoms with Gasteiger partial charge in [0, 0.05) is 11.8 Å². The van der Waals surface area contributed by atoms with Crippen molar-refractivity contribution in [2.24, 2.45) is 0 Å². The zero-order valence-electron chi connectivity index (χ0n) is 8.53. The predicted molar refractivity (Wildman–Crippen MR) is 50.7 cm³/mol. The third kappa shape index (κ3) is 3.21. The molecule has 0 aliphatic carbocycles. The summed E-state index contributed by atoms with van der Waals surface area (Å²) in [5, 5.41) is 0. The second kappa shape index (κ2) is 5.50. The molecule has 0 amide bonds. The van der Waals surface area contributed by atoms with Crippen LogP contribution < -0.4 is 57.0 Å². The van der Waals surface area contributed by atoms with Gasteiger partial charge in [0.2, 0.25) is 5.89 Å². The van der Waals surface area contributed by atoms with Crippen molar-refractivity contribution in [3.63, 3.8) is 0 Å². The first-order valence-electron chi connectivity index (χ1n) is 4.28. The topological polar surface area (TPSA) is 26.0 Å². The van der Waals surface area contributed by atoms with Gasteiger partial charge in [0.05, 0.1) is 5.66 Å². The van der Waals surface area contributed by atoms with Crippen molar-refractivity contribution in [1.82, 2.24) is 4.98 Å². The molecule has 2 nitrogen and oxygen atoms in total. The van der Waals surface area contributed by atoms with E-state index in [1.165, 1.54) is 0 Å². The van der Waals surface area contributed by atoms with E-state index in [1.54, 1.807) is 30.3 Å². The van der Waals surface area contributed by atoms with Crippen molar-refractivity contribution in [3.05, 3.63) is 36.5 Å². The smallest absolute Gasteiger partial charge is 0.474 e. The van der Waals surface area contributed by atoms with Gasteiger partial charge in [-0.15, -0.1) is 0 Å². The summed E-state index contributed by atoms with van der Waals surface area (Å²) in [7, 11) is 0. The van der Waals surface area contributed by atoms with Gasteiger partial charge in [-0.1, -0.05) is 18.2 Å². The summed E-state index contributed by atoms with van der Waals surface area (Å²) in [6.45, 7) is -5.11. The Morgan fingerprint density at radius 3 is 2.19 bits per heavy atom. The Balaban J connectivity index is 0.00000128.